The molecule has 0 aliphatic heterocycles. The molecule has 0 bridgehead atoms. The van der Waals surface area contributed by atoms with Gasteiger partial charge in [0.1, 0.15) is 0 Å². The zero-order chi connectivity index (χ0) is 10.1. The Morgan fingerprint density at radius 3 is 2.50 bits per heavy atom. The maximum absolute atomic E-state index is 5.04. The highest BCUT2D eigenvalue weighted by atomic mass is 32.1. The maximum atomic E-state index is 5.04. The van der Waals surface area contributed by atoms with E-state index in [1.54, 1.807) is 0 Å². The molecule has 1 heterocycles. The second-order valence-corrected chi connectivity index (χ2v) is 3.86. The third-order valence-electron chi connectivity index (χ3n) is 2.22. The largest absolute Gasteiger partial charge is 0.334 e. The number of benzene rings is 1. The van der Waals surface area contributed by atoms with Crippen molar-refractivity contribution in [2.24, 2.45) is 0 Å². The van der Waals surface area contributed by atoms with E-state index in [-0.39, 0.29) is 0 Å². The number of nitrogens with one attached hydrogen (secondary N) is 2. The highest BCUT2D eigenvalue weighted by Gasteiger charge is 2.03. The molecule has 0 saturated heterocycles. The summed E-state index contributed by atoms with van der Waals surface area (Å²) >= 11 is 5.04. The average Bonchev–Trinajstić information content (AvgIpc) is 2.45. The quantitative estimate of drug-likeness (QED) is 0.686. The van der Waals surface area contributed by atoms with E-state index in [0.29, 0.717) is 4.77 Å². The molecule has 2 aromatic rings. The molecule has 0 radical (unpaired) electrons. The summed E-state index contributed by atoms with van der Waals surface area (Å²) in [5.41, 5.74) is 4.59. The minimum absolute atomic E-state index is 0.680. The van der Waals surface area contributed by atoms with Gasteiger partial charge in [0.25, 0.3) is 0 Å². The minimum Gasteiger partial charge on any atom is -0.334 e. The van der Waals surface area contributed by atoms with Gasteiger partial charge in [-0.05, 0) is 32.1 Å². The lowest BCUT2D eigenvalue weighted by Gasteiger charge is -2.00. The van der Waals surface area contributed by atoms with Crippen LogP contribution in [0.15, 0.2) is 24.3 Å². The van der Waals surface area contributed by atoms with Crippen LogP contribution in [0.2, 0.25) is 0 Å². The fourth-order valence-electron chi connectivity index (χ4n) is 1.56. The van der Waals surface area contributed by atoms with Crippen molar-refractivity contribution in [2.75, 3.05) is 0 Å². The van der Waals surface area contributed by atoms with Gasteiger partial charge in [0, 0.05) is 11.3 Å². The minimum atomic E-state index is 0.680. The Morgan fingerprint density at radius 2 is 1.93 bits per heavy atom. The molecule has 0 spiro atoms. The van der Waals surface area contributed by atoms with Gasteiger partial charge in [-0.2, -0.15) is 0 Å². The number of aromatic amines is 2. The average molecular weight is 204 g/mol. The maximum Gasteiger partial charge on any atom is 0.175 e. The molecule has 2 rings (SSSR count). The first-order chi connectivity index (χ1) is 6.66. The molecule has 2 N–H and O–H groups in total. The first kappa shape index (κ1) is 9.21. The lowest BCUT2D eigenvalue weighted by atomic mass is 10.1. The smallest absolute Gasteiger partial charge is 0.175 e. The Balaban J connectivity index is 2.59. The molecule has 14 heavy (non-hydrogen) atoms. The molecule has 0 unspecified atom stereocenters. The van der Waals surface area contributed by atoms with E-state index in [0.717, 1.165) is 11.4 Å². The second-order valence-electron chi connectivity index (χ2n) is 3.45. The SMILES string of the molecule is Cc1cccc(-c2[nH]c(=S)[nH]c2C)c1. The van der Waals surface area contributed by atoms with Gasteiger partial charge in [0.2, 0.25) is 0 Å². The summed E-state index contributed by atoms with van der Waals surface area (Å²) < 4.78 is 0.680. The molecule has 72 valence electrons. The van der Waals surface area contributed by atoms with Crippen LogP contribution in [0.25, 0.3) is 11.3 Å². The Bertz CT molecular complexity index is 508. The number of imidazole rings is 1. The monoisotopic (exact) mass is 204 g/mol. The van der Waals surface area contributed by atoms with E-state index in [2.05, 4.69) is 35.1 Å². The first-order valence-corrected chi connectivity index (χ1v) is 4.93. The molecule has 0 aliphatic rings. The van der Waals surface area contributed by atoms with Crippen LogP contribution in [0, 0.1) is 18.6 Å². The Kier molecular flexibility index (Phi) is 2.25. The standard InChI is InChI=1S/C11H12N2S/c1-7-4-3-5-9(6-7)10-8(2)12-11(14)13-10/h3-6H,1-2H3,(H2,12,13,14). The number of hydrogen-bond donors (Lipinski definition) is 2. The van der Waals surface area contributed by atoms with Crippen molar-refractivity contribution in [3.8, 4) is 11.3 Å². The van der Waals surface area contributed by atoms with Crippen LogP contribution < -0.4 is 0 Å². The van der Waals surface area contributed by atoms with Crippen molar-refractivity contribution >= 4 is 12.2 Å². The lowest BCUT2D eigenvalue weighted by Crippen LogP contribution is -1.81. The zero-order valence-corrected chi connectivity index (χ0v) is 9.03. The van der Waals surface area contributed by atoms with Crippen LogP contribution in [0.1, 0.15) is 11.3 Å². The normalized spacial score (nSPS) is 10.4. The Morgan fingerprint density at radius 1 is 1.14 bits per heavy atom. The van der Waals surface area contributed by atoms with E-state index in [1.165, 1.54) is 11.1 Å². The summed E-state index contributed by atoms with van der Waals surface area (Å²) in [5.74, 6) is 0. The highest BCUT2D eigenvalue weighted by Crippen LogP contribution is 2.20. The number of aromatic nitrogens is 2. The van der Waals surface area contributed by atoms with Crippen molar-refractivity contribution in [1.29, 1.82) is 0 Å². The van der Waals surface area contributed by atoms with Gasteiger partial charge in [0.05, 0.1) is 5.69 Å². The van der Waals surface area contributed by atoms with Crippen molar-refractivity contribution in [2.45, 2.75) is 13.8 Å². The zero-order valence-electron chi connectivity index (χ0n) is 8.22. The van der Waals surface area contributed by atoms with E-state index in [1.807, 2.05) is 13.0 Å². The van der Waals surface area contributed by atoms with Crippen LogP contribution in [0.4, 0.5) is 0 Å². The lowest BCUT2D eigenvalue weighted by molar-refractivity contribution is 1.22. The first-order valence-electron chi connectivity index (χ1n) is 4.53. The molecular formula is C11H12N2S. The topological polar surface area (TPSA) is 31.6 Å². The van der Waals surface area contributed by atoms with Crippen LogP contribution in [-0.2, 0) is 0 Å². The van der Waals surface area contributed by atoms with Gasteiger partial charge in [-0.1, -0.05) is 23.8 Å². The molecule has 3 heteroatoms. The summed E-state index contributed by atoms with van der Waals surface area (Å²) in [5, 5.41) is 0. The van der Waals surface area contributed by atoms with Gasteiger partial charge in [-0.15, -0.1) is 0 Å². The van der Waals surface area contributed by atoms with Gasteiger partial charge >= 0.3 is 0 Å². The predicted octanol–water partition coefficient (Wildman–Crippen LogP) is 3.36. The molecule has 1 aromatic heterocycles. The number of H-pyrrole nitrogens is 2. The molecule has 0 saturated carbocycles. The number of hydrogen-bond acceptors (Lipinski definition) is 1. The summed E-state index contributed by atoms with van der Waals surface area (Å²) in [6.07, 6.45) is 0. The van der Waals surface area contributed by atoms with Gasteiger partial charge in [0.15, 0.2) is 4.77 Å². The number of aryl methyl sites for hydroxylation is 2. The summed E-state index contributed by atoms with van der Waals surface area (Å²) in [6.45, 7) is 4.10. The Labute approximate surface area is 88.0 Å². The van der Waals surface area contributed by atoms with Gasteiger partial charge < -0.3 is 9.97 Å². The van der Waals surface area contributed by atoms with Crippen LogP contribution in [-0.4, -0.2) is 9.97 Å². The van der Waals surface area contributed by atoms with Crippen LogP contribution in [0.5, 0.6) is 0 Å². The van der Waals surface area contributed by atoms with Gasteiger partial charge in [-0.3, -0.25) is 0 Å². The predicted molar refractivity (Wildman–Crippen MR) is 60.9 cm³/mol. The molecule has 0 atom stereocenters. The highest BCUT2D eigenvalue weighted by molar-refractivity contribution is 7.71. The second kappa shape index (κ2) is 3.42. The fraction of sp³-hybridized carbons (Fsp3) is 0.182. The van der Waals surface area contributed by atoms with E-state index >= 15 is 0 Å². The van der Waals surface area contributed by atoms with Crippen LogP contribution in [0.3, 0.4) is 0 Å². The van der Waals surface area contributed by atoms with E-state index in [4.69, 9.17) is 12.2 Å². The van der Waals surface area contributed by atoms with E-state index < -0.39 is 0 Å². The third kappa shape index (κ3) is 1.63. The molecule has 0 amide bonds. The van der Waals surface area contributed by atoms with Crippen molar-refractivity contribution in [3.63, 3.8) is 0 Å². The van der Waals surface area contributed by atoms with Crippen molar-refractivity contribution in [3.05, 3.63) is 40.3 Å². The fourth-order valence-corrected chi connectivity index (χ4v) is 1.82. The third-order valence-corrected chi connectivity index (χ3v) is 2.43. The van der Waals surface area contributed by atoms with Crippen molar-refractivity contribution in [1.82, 2.24) is 9.97 Å². The van der Waals surface area contributed by atoms with Crippen molar-refractivity contribution < 1.29 is 0 Å². The molecule has 2 nitrogen and oxygen atoms in total. The summed E-state index contributed by atoms with van der Waals surface area (Å²) in [4.78, 5) is 6.23. The summed E-state index contributed by atoms with van der Waals surface area (Å²) in [6, 6.07) is 8.35. The van der Waals surface area contributed by atoms with E-state index in [9.17, 15) is 0 Å². The van der Waals surface area contributed by atoms with Crippen LogP contribution >= 0.6 is 12.2 Å². The number of rotatable bonds is 1. The molecule has 0 aliphatic carbocycles. The molecular weight excluding hydrogens is 192 g/mol. The molecule has 0 fully saturated rings. The van der Waals surface area contributed by atoms with Gasteiger partial charge in [-0.25, -0.2) is 0 Å². The summed E-state index contributed by atoms with van der Waals surface area (Å²) in [7, 11) is 0. The molecule has 1 aromatic carbocycles. The Hall–Kier alpha value is -1.35.